The maximum absolute atomic E-state index is 12.0. The van der Waals surface area contributed by atoms with E-state index in [1.807, 2.05) is 26.8 Å². The standard InChI is InChI=1S/C20H32O2/c1-15(2)18-9-8-17(4)14-19(21)13-16(3)7-6-11-20(5,22)12-10-18/h7,10,12,14-15,18,22H,6,8-9,11,13H2,1-5H3/b12-10+,16-7-,17-14-/t18?,20-/m1/s1. The summed E-state index contributed by atoms with van der Waals surface area (Å²) in [5.41, 5.74) is 1.47. The van der Waals surface area contributed by atoms with Crippen molar-refractivity contribution in [2.24, 2.45) is 11.8 Å². The third-order valence-electron chi connectivity index (χ3n) is 4.43. The molecule has 1 N–H and O–H groups in total. The Morgan fingerprint density at radius 1 is 1.27 bits per heavy atom. The van der Waals surface area contributed by atoms with Crippen LogP contribution in [0.5, 0.6) is 0 Å². The Balaban J connectivity index is 2.98. The predicted molar refractivity (Wildman–Crippen MR) is 93.7 cm³/mol. The predicted octanol–water partition coefficient (Wildman–Crippen LogP) is 4.99. The molecule has 124 valence electrons. The van der Waals surface area contributed by atoms with Crippen LogP contribution in [0.2, 0.25) is 0 Å². The summed E-state index contributed by atoms with van der Waals surface area (Å²) in [4.78, 5) is 12.0. The van der Waals surface area contributed by atoms with Gasteiger partial charge in [-0.2, -0.15) is 0 Å². The van der Waals surface area contributed by atoms with Crippen LogP contribution >= 0.6 is 0 Å². The Bertz CT molecular complexity index is 464. The van der Waals surface area contributed by atoms with Gasteiger partial charge in [-0.3, -0.25) is 4.79 Å². The molecule has 0 saturated carbocycles. The molecule has 0 aromatic heterocycles. The van der Waals surface area contributed by atoms with E-state index in [1.165, 1.54) is 0 Å². The van der Waals surface area contributed by atoms with Gasteiger partial charge in [-0.15, -0.1) is 0 Å². The lowest BCUT2D eigenvalue weighted by molar-refractivity contribution is -0.114. The van der Waals surface area contributed by atoms with E-state index >= 15 is 0 Å². The van der Waals surface area contributed by atoms with Crippen molar-refractivity contribution in [1.82, 2.24) is 0 Å². The molecule has 0 spiro atoms. The molecule has 2 nitrogen and oxygen atoms in total. The first-order valence-electron chi connectivity index (χ1n) is 8.47. The fourth-order valence-electron chi connectivity index (χ4n) is 2.82. The van der Waals surface area contributed by atoms with Crippen LogP contribution in [0.15, 0.2) is 35.5 Å². The van der Waals surface area contributed by atoms with Crippen molar-refractivity contribution in [2.75, 3.05) is 0 Å². The van der Waals surface area contributed by atoms with Crippen LogP contribution < -0.4 is 0 Å². The molecule has 0 saturated heterocycles. The summed E-state index contributed by atoms with van der Waals surface area (Å²) >= 11 is 0. The first-order valence-corrected chi connectivity index (χ1v) is 8.47. The summed E-state index contributed by atoms with van der Waals surface area (Å²) in [6, 6.07) is 0. The van der Waals surface area contributed by atoms with Gasteiger partial charge in [0.15, 0.2) is 5.78 Å². The van der Waals surface area contributed by atoms with Crippen molar-refractivity contribution < 1.29 is 9.90 Å². The molecule has 0 fully saturated rings. The second kappa shape index (κ2) is 8.47. The SMILES string of the molecule is C/C1=C/C(=O)C/C(C)=C\CC[C@@](C)(O)/C=C/C(C(C)C)CC1. The molecule has 0 aromatic rings. The van der Waals surface area contributed by atoms with E-state index in [9.17, 15) is 9.90 Å². The fourth-order valence-corrected chi connectivity index (χ4v) is 2.82. The average molecular weight is 304 g/mol. The topological polar surface area (TPSA) is 37.3 Å². The van der Waals surface area contributed by atoms with Gasteiger partial charge in [-0.1, -0.05) is 43.2 Å². The number of ketones is 1. The van der Waals surface area contributed by atoms with E-state index in [-0.39, 0.29) is 5.78 Å². The Morgan fingerprint density at radius 3 is 2.59 bits per heavy atom. The van der Waals surface area contributed by atoms with Crippen molar-refractivity contribution in [3.05, 3.63) is 35.5 Å². The van der Waals surface area contributed by atoms with Gasteiger partial charge < -0.3 is 5.11 Å². The van der Waals surface area contributed by atoms with Gasteiger partial charge in [0.2, 0.25) is 0 Å². The zero-order valence-electron chi connectivity index (χ0n) is 14.9. The van der Waals surface area contributed by atoms with Crippen molar-refractivity contribution in [1.29, 1.82) is 0 Å². The summed E-state index contributed by atoms with van der Waals surface area (Å²) in [7, 11) is 0. The molecule has 0 bridgehead atoms. The molecule has 2 heteroatoms. The number of aliphatic hydroxyl groups is 1. The van der Waals surface area contributed by atoms with Gasteiger partial charge >= 0.3 is 0 Å². The lowest BCUT2D eigenvalue weighted by Crippen LogP contribution is -2.21. The third-order valence-corrected chi connectivity index (χ3v) is 4.43. The quantitative estimate of drug-likeness (QED) is 0.693. The Morgan fingerprint density at radius 2 is 1.95 bits per heavy atom. The number of hydrogen-bond donors (Lipinski definition) is 1. The fraction of sp³-hybridized carbons (Fsp3) is 0.650. The highest BCUT2D eigenvalue weighted by molar-refractivity contribution is 5.91. The first kappa shape index (κ1) is 18.9. The van der Waals surface area contributed by atoms with Gasteiger partial charge in [-0.25, -0.2) is 0 Å². The molecule has 1 aliphatic rings. The molecule has 0 heterocycles. The molecule has 1 aliphatic carbocycles. The van der Waals surface area contributed by atoms with Gasteiger partial charge in [0.05, 0.1) is 5.60 Å². The van der Waals surface area contributed by atoms with E-state index < -0.39 is 5.60 Å². The second-order valence-corrected chi connectivity index (χ2v) is 7.39. The van der Waals surface area contributed by atoms with Crippen molar-refractivity contribution in [3.8, 4) is 0 Å². The summed E-state index contributed by atoms with van der Waals surface area (Å²) < 4.78 is 0. The van der Waals surface area contributed by atoms with E-state index in [1.54, 1.807) is 6.08 Å². The molecular formula is C20H32O2. The summed E-state index contributed by atoms with van der Waals surface area (Å²) in [6.45, 7) is 10.3. The molecule has 0 aliphatic heterocycles. The average Bonchev–Trinajstić information content (AvgIpc) is 2.36. The minimum atomic E-state index is -0.775. The van der Waals surface area contributed by atoms with Gasteiger partial charge in [0.1, 0.15) is 0 Å². The zero-order chi connectivity index (χ0) is 16.8. The molecule has 1 unspecified atom stereocenters. The minimum Gasteiger partial charge on any atom is -0.386 e. The molecule has 0 amide bonds. The van der Waals surface area contributed by atoms with E-state index in [2.05, 4.69) is 26.0 Å². The summed E-state index contributed by atoms with van der Waals surface area (Å²) in [5.74, 6) is 1.16. The zero-order valence-corrected chi connectivity index (χ0v) is 14.9. The van der Waals surface area contributed by atoms with Crippen LogP contribution in [0.1, 0.15) is 66.7 Å². The second-order valence-electron chi connectivity index (χ2n) is 7.39. The molecule has 0 radical (unpaired) electrons. The lowest BCUT2D eigenvalue weighted by Gasteiger charge is -2.22. The van der Waals surface area contributed by atoms with E-state index in [0.29, 0.717) is 24.7 Å². The highest BCUT2D eigenvalue weighted by Crippen LogP contribution is 2.24. The first-order chi connectivity index (χ1) is 10.2. The molecule has 22 heavy (non-hydrogen) atoms. The maximum Gasteiger partial charge on any atom is 0.159 e. The van der Waals surface area contributed by atoms with Crippen molar-refractivity contribution in [3.63, 3.8) is 0 Å². The van der Waals surface area contributed by atoms with Crippen LogP contribution in [0, 0.1) is 11.8 Å². The molecular weight excluding hydrogens is 272 g/mol. The van der Waals surface area contributed by atoms with Crippen LogP contribution in [0.3, 0.4) is 0 Å². The normalized spacial score (nSPS) is 35.2. The Kier molecular flexibility index (Phi) is 7.28. The van der Waals surface area contributed by atoms with Gasteiger partial charge in [-0.05, 0) is 64.4 Å². The van der Waals surface area contributed by atoms with Crippen molar-refractivity contribution >= 4 is 5.78 Å². The maximum atomic E-state index is 12.0. The van der Waals surface area contributed by atoms with E-state index in [4.69, 9.17) is 0 Å². The minimum absolute atomic E-state index is 0.187. The number of hydrogen-bond acceptors (Lipinski definition) is 2. The monoisotopic (exact) mass is 304 g/mol. The molecule has 1 rings (SSSR count). The highest BCUT2D eigenvalue weighted by Gasteiger charge is 2.18. The van der Waals surface area contributed by atoms with Crippen LogP contribution in [0.25, 0.3) is 0 Å². The summed E-state index contributed by atoms with van der Waals surface area (Å²) in [5, 5.41) is 10.5. The Labute approximate surface area is 136 Å². The lowest BCUT2D eigenvalue weighted by atomic mass is 9.87. The van der Waals surface area contributed by atoms with Crippen molar-refractivity contribution in [2.45, 2.75) is 72.3 Å². The van der Waals surface area contributed by atoms with Crippen LogP contribution in [-0.4, -0.2) is 16.5 Å². The largest absolute Gasteiger partial charge is 0.386 e. The van der Waals surface area contributed by atoms with E-state index in [0.717, 1.165) is 30.4 Å². The highest BCUT2D eigenvalue weighted by atomic mass is 16.3. The van der Waals surface area contributed by atoms with Crippen LogP contribution in [0.4, 0.5) is 0 Å². The number of rotatable bonds is 1. The van der Waals surface area contributed by atoms with Gasteiger partial charge in [0, 0.05) is 6.42 Å². The molecule has 0 aromatic carbocycles. The summed E-state index contributed by atoms with van der Waals surface area (Å²) in [6.07, 6.45) is 12.0. The smallest absolute Gasteiger partial charge is 0.159 e. The van der Waals surface area contributed by atoms with Gasteiger partial charge in [0.25, 0.3) is 0 Å². The Hall–Kier alpha value is -1.15. The number of allylic oxidation sites excluding steroid dienone is 5. The van der Waals surface area contributed by atoms with Crippen LogP contribution in [-0.2, 0) is 4.79 Å². The third kappa shape index (κ3) is 7.22. The number of carbonyl (C=O) groups excluding carboxylic acids is 1. The molecule has 2 atom stereocenters. The number of carbonyl (C=O) groups is 1.